The lowest BCUT2D eigenvalue weighted by atomic mass is 9.89. The monoisotopic (exact) mass is 353 g/mol. The van der Waals surface area contributed by atoms with E-state index >= 15 is 0 Å². The summed E-state index contributed by atoms with van der Waals surface area (Å²) in [6.07, 6.45) is 0.139. The van der Waals surface area contributed by atoms with Crippen LogP contribution in [0.3, 0.4) is 0 Å². The standard InChI is InChI=1S/C22H27NO3/c1-14-10-11-15(2)20(12-14)25-16(3)21(24)23-18-13-22(4,5)26-19-9-7-6-8-17(18)19/h6-12,16,18H,13H2,1-5H3,(H,23,24)/t16-,18-/m0/s1. The van der Waals surface area contributed by atoms with E-state index in [2.05, 4.69) is 5.32 Å². The average molecular weight is 353 g/mol. The van der Waals surface area contributed by atoms with Gasteiger partial charge in [0.25, 0.3) is 5.91 Å². The van der Waals surface area contributed by atoms with Crippen LogP contribution < -0.4 is 14.8 Å². The summed E-state index contributed by atoms with van der Waals surface area (Å²) in [6, 6.07) is 13.8. The van der Waals surface area contributed by atoms with Gasteiger partial charge in [-0.1, -0.05) is 30.3 Å². The van der Waals surface area contributed by atoms with E-state index in [-0.39, 0.29) is 17.6 Å². The Morgan fingerprint density at radius 2 is 1.96 bits per heavy atom. The van der Waals surface area contributed by atoms with Gasteiger partial charge in [0.05, 0.1) is 6.04 Å². The van der Waals surface area contributed by atoms with Crippen LogP contribution in [0.2, 0.25) is 0 Å². The first-order valence-corrected chi connectivity index (χ1v) is 9.07. The summed E-state index contributed by atoms with van der Waals surface area (Å²) < 4.78 is 12.0. The van der Waals surface area contributed by atoms with Crippen molar-refractivity contribution in [3.05, 3.63) is 59.2 Å². The number of carbonyl (C=O) groups is 1. The number of para-hydroxylation sites is 1. The van der Waals surface area contributed by atoms with Gasteiger partial charge in [0.2, 0.25) is 0 Å². The normalized spacial score (nSPS) is 19.0. The lowest BCUT2D eigenvalue weighted by molar-refractivity contribution is -0.128. The smallest absolute Gasteiger partial charge is 0.261 e. The topological polar surface area (TPSA) is 47.6 Å². The third-order valence-corrected chi connectivity index (χ3v) is 4.71. The Kier molecular flexibility index (Phi) is 4.94. The number of benzene rings is 2. The van der Waals surface area contributed by atoms with Gasteiger partial charge in [0.1, 0.15) is 17.1 Å². The van der Waals surface area contributed by atoms with Gasteiger partial charge in [0.15, 0.2) is 6.10 Å². The maximum atomic E-state index is 12.8. The molecule has 4 nitrogen and oxygen atoms in total. The fourth-order valence-corrected chi connectivity index (χ4v) is 3.30. The summed E-state index contributed by atoms with van der Waals surface area (Å²) in [4.78, 5) is 12.8. The molecular formula is C22H27NO3. The molecule has 0 radical (unpaired) electrons. The highest BCUT2D eigenvalue weighted by atomic mass is 16.5. The molecule has 0 unspecified atom stereocenters. The molecular weight excluding hydrogens is 326 g/mol. The maximum Gasteiger partial charge on any atom is 0.261 e. The molecule has 3 rings (SSSR count). The third kappa shape index (κ3) is 4.01. The van der Waals surface area contributed by atoms with Gasteiger partial charge in [-0.15, -0.1) is 0 Å². The molecule has 1 N–H and O–H groups in total. The predicted molar refractivity (Wildman–Crippen MR) is 103 cm³/mol. The highest BCUT2D eigenvalue weighted by Gasteiger charge is 2.35. The van der Waals surface area contributed by atoms with Gasteiger partial charge in [0, 0.05) is 12.0 Å². The van der Waals surface area contributed by atoms with E-state index < -0.39 is 6.10 Å². The molecule has 0 spiro atoms. The summed E-state index contributed by atoms with van der Waals surface area (Å²) in [5.74, 6) is 1.46. The van der Waals surface area contributed by atoms with Crippen LogP contribution in [-0.4, -0.2) is 17.6 Å². The van der Waals surface area contributed by atoms with Gasteiger partial charge in [-0.2, -0.15) is 0 Å². The van der Waals surface area contributed by atoms with Crippen molar-refractivity contribution in [3.63, 3.8) is 0 Å². The number of hydrogen-bond acceptors (Lipinski definition) is 3. The molecule has 2 aromatic rings. The van der Waals surface area contributed by atoms with Crippen LogP contribution in [0.1, 0.15) is 49.9 Å². The SMILES string of the molecule is Cc1ccc(C)c(O[C@@H](C)C(=O)N[C@H]2CC(C)(C)Oc3ccccc32)c1. The quantitative estimate of drug-likeness (QED) is 0.881. The van der Waals surface area contributed by atoms with Crippen LogP contribution >= 0.6 is 0 Å². The minimum absolute atomic E-state index is 0.0906. The molecule has 0 fully saturated rings. The van der Waals surface area contributed by atoms with Crippen molar-refractivity contribution in [2.75, 3.05) is 0 Å². The van der Waals surface area contributed by atoms with Crippen LogP contribution in [0.25, 0.3) is 0 Å². The van der Waals surface area contributed by atoms with E-state index in [9.17, 15) is 4.79 Å². The van der Waals surface area contributed by atoms with Crippen LogP contribution in [-0.2, 0) is 4.79 Å². The Morgan fingerprint density at radius 3 is 2.73 bits per heavy atom. The summed E-state index contributed by atoms with van der Waals surface area (Å²) in [7, 11) is 0. The summed E-state index contributed by atoms with van der Waals surface area (Å²) in [5.41, 5.74) is 2.81. The van der Waals surface area contributed by atoms with Crippen molar-refractivity contribution in [1.29, 1.82) is 0 Å². The highest BCUT2D eigenvalue weighted by molar-refractivity contribution is 5.81. The van der Waals surface area contributed by atoms with Crippen molar-refractivity contribution >= 4 is 5.91 Å². The number of fused-ring (bicyclic) bond motifs is 1. The molecule has 0 bridgehead atoms. The summed E-state index contributed by atoms with van der Waals surface area (Å²) in [5, 5.41) is 3.14. The van der Waals surface area contributed by atoms with Crippen LogP contribution in [0.15, 0.2) is 42.5 Å². The molecule has 1 amide bonds. The molecule has 0 aliphatic carbocycles. The number of carbonyl (C=O) groups excluding carboxylic acids is 1. The Morgan fingerprint density at radius 1 is 1.23 bits per heavy atom. The zero-order valence-electron chi connectivity index (χ0n) is 16.1. The number of nitrogens with one attached hydrogen (secondary N) is 1. The molecule has 1 heterocycles. The number of hydrogen-bond donors (Lipinski definition) is 1. The predicted octanol–water partition coefficient (Wildman–Crippen LogP) is 4.49. The van der Waals surface area contributed by atoms with Crippen molar-refractivity contribution < 1.29 is 14.3 Å². The largest absolute Gasteiger partial charge is 0.487 e. The number of amides is 1. The van der Waals surface area contributed by atoms with Gasteiger partial charge in [-0.25, -0.2) is 0 Å². The molecule has 138 valence electrons. The Labute approximate surface area is 155 Å². The first kappa shape index (κ1) is 18.3. The van der Waals surface area contributed by atoms with Crippen LogP contribution in [0.5, 0.6) is 11.5 Å². The Bertz CT molecular complexity index is 813. The van der Waals surface area contributed by atoms with Crippen molar-refractivity contribution in [3.8, 4) is 11.5 Å². The first-order valence-electron chi connectivity index (χ1n) is 9.07. The van der Waals surface area contributed by atoms with E-state index in [0.29, 0.717) is 6.42 Å². The second-order valence-corrected chi connectivity index (χ2v) is 7.69. The molecule has 0 saturated carbocycles. The number of ether oxygens (including phenoxy) is 2. The van der Waals surface area contributed by atoms with E-state index in [1.807, 2.05) is 70.2 Å². The van der Waals surface area contributed by atoms with Gasteiger partial charge in [-0.3, -0.25) is 4.79 Å². The van der Waals surface area contributed by atoms with Crippen LogP contribution in [0.4, 0.5) is 0 Å². The maximum absolute atomic E-state index is 12.8. The Balaban J connectivity index is 1.74. The van der Waals surface area contributed by atoms with Gasteiger partial charge >= 0.3 is 0 Å². The van der Waals surface area contributed by atoms with E-state index in [4.69, 9.17) is 9.47 Å². The fraction of sp³-hybridized carbons (Fsp3) is 0.409. The Hall–Kier alpha value is -2.49. The third-order valence-electron chi connectivity index (χ3n) is 4.71. The number of rotatable bonds is 4. The molecule has 0 aromatic heterocycles. The minimum Gasteiger partial charge on any atom is -0.487 e. The van der Waals surface area contributed by atoms with Gasteiger partial charge < -0.3 is 14.8 Å². The second kappa shape index (κ2) is 7.02. The van der Waals surface area contributed by atoms with Gasteiger partial charge in [-0.05, 0) is 57.9 Å². The molecule has 1 aliphatic rings. The average Bonchev–Trinajstić information content (AvgIpc) is 2.57. The lowest BCUT2D eigenvalue weighted by Gasteiger charge is -2.38. The van der Waals surface area contributed by atoms with Crippen molar-refractivity contribution in [2.45, 2.75) is 58.8 Å². The van der Waals surface area contributed by atoms with E-state index in [1.165, 1.54) is 0 Å². The first-order chi connectivity index (χ1) is 12.2. The number of aryl methyl sites for hydroxylation is 2. The van der Waals surface area contributed by atoms with E-state index in [0.717, 1.165) is 28.2 Å². The summed E-state index contributed by atoms with van der Waals surface area (Å²) in [6.45, 7) is 9.86. The zero-order valence-corrected chi connectivity index (χ0v) is 16.1. The second-order valence-electron chi connectivity index (χ2n) is 7.69. The minimum atomic E-state index is -0.575. The zero-order chi connectivity index (χ0) is 18.9. The highest BCUT2D eigenvalue weighted by Crippen LogP contribution is 2.39. The molecule has 2 atom stereocenters. The molecule has 26 heavy (non-hydrogen) atoms. The fourth-order valence-electron chi connectivity index (χ4n) is 3.30. The molecule has 0 saturated heterocycles. The summed E-state index contributed by atoms with van der Waals surface area (Å²) >= 11 is 0. The lowest BCUT2D eigenvalue weighted by Crippen LogP contribution is -2.44. The van der Waals surface area contributed by atoms with Crippen molar-refractivity contribution in [1.82, 2.24) is 5.32 Å². The molecule has 2 aromatic carbocycles. The van der Waals surface area contributed by atoms with Crippen LogP contribution in [0, 0.1) is 13.8 Å². The molecule has 1 aliphatic heterocycles. The molecule has 4 heteroatoms. The van der Waals surface area contributed by atoms with E-state index in [1.54, 1.807) is 6.92 Å². The van der Waals surface area contributed by atoms with Crippen molar-refractivity contribution in [2.24, 2.45) is 0 Å².